The zero-order chi connectivity index (χ0) is 8.39. The van der Waals surface area contributed by atoms with E-state index in [1.807, 2.05) is 6.07 Å². The molecule has 1 atom stereocenters. The summed E-state index contributed by atoms with van der Waals surface area (Å²) in [5.41, 5.74) is 1.08. The normalized spacial score (nSPS) is 22.9. The summed E-state index contributed by atoms with van der Waals surface area (Å²) < 4.78 is 12.8. The highest BCUT2D eigenvalue weighted by atomic mass is 19.1. The smallest absolute Gasteiger partial charge is 0.123 e. The average Bonchev–Trinajstić information content (AvgIpc) is 2.56. The fourth-order valence-corrected chi connectivity index (χ4v) is 1.69. The minimum Gasteiger partial charge on any atom is -0.310 e. The Morgan fingerprint density at radius 1 is 1.42 bits per heavy atom. The fourth-order valence-electron chi connectivity index (χ4n) is 1.69. The maximum absolute atomic E-state index is 12.8. The third-order valence-corrected chi connectivity index (χ3v) is 2.31. The van der Waals surface area contributed by atoms with Gasteiger partial charge in [0, 0.05) is 6.04 Å². The maximum Gasteiger partial charge on any atom is 0.123 e. The van der Waals surface area contributed by atoms with Gasteiger partial charge in [-0.25, -0.2) is 4.39 Å². The Bertz CT molecular complexity index is 266. The molecule has 12 heavy (non-hydrogen) atoms. The van der Waals surface area contributed by atoms with E-state index in [1.54, 1.807) is 12.1 Å². The van der Waals surface area contributed by atoms with Crippen molar-refractivity contribution in [1.82, 2.24) is 5.32 Å². The Labute approximate surface area is 71.6 Å². The first-order valence-corrected chi connectivity index (χ1v) is 4.35. The Morgan fingerprint density at radius 2 is 2.33 bits per heavy atom. The third kappa shape index (κ3) is 1.48. The molecule has 1 saturated heterocycles. The molecule has 0 bridgehead atoms. The van der Waals surface area contributed by atoms with Crippen molar-refractivity contribution in [1.29, 1.82) is 0 Å². The van der Waals surface area contributed by atoms with Crippen LogP contribution in [0.15, 0.2) is 24.3 Å². The first-order chi connectivity index (χ1) is 5.86. The van der Waals surface area contributed by atoms with Gasteiger partial charge in [-0.15, -0.1) is 0 Å². The lowest BCUT2D eigenvalue weighted by Gasteiger charge is -2.09. The molecule has 1 N–H and O–H groups in total. The van der Waals surface area contributed by atoms with Crippen LogP contribution < -0.4 is 5.32 Å². The summed E-state index contributed by atoms with van der Waals surface area (Å²) in [6.07, 6.45) is 2.32. The van der Waals surface area contributed by atoms with E-state index in [-0.39, 0.29) is 5.82 Å². The lowest BCUT2D eigenvalue weighted by Crippen LogP contribution is -2.12. The van der Waals surface area contributed by atoms with Crippen LogP contribution in [0.1, 0.15) is 24.4 Å². The van der Waals surface area contributed by atoms with Crippen LogP contribution >= 0.6 is 0 Å². The van der Waals surface area contributed by atoms with Crippen LogP contribution in [0.25, 0.3) is 0 Å². The van der Waals surface area contributed by atoms with Gasteiger partial charge >= 0.3 is 0 Å². The molecule has 64 valence electrons. The van der Waals surface area contributed by atoms with Crippen molar-refractivity contribution < 1.29 is 4.39 Å². The molecule has 1 aliphatic heterocycles. The number of rotatable bonds is 1. The second kappa shape index (κ2) is 3.23. The van der Waals surface area contributed by atoms with Crippen LogP contribution in [0.2, 0.25) is 0 Å². The van der Waals surface area contributed by atoms with Crippen molar-refractivity contribution in [3.63, 3.8) is 0 Å². The van der Waals surface area contributed by atoms with Gasteiger partial charge < -0.3 is 5.32 Å². The number of nitrogens with one attached hydrogen (secondary N) is 1. The number of hydrogen-bond acceptors (Lipinski definition) is 1. The summed E-state index contributed by atoms with van der Waals surface area (Å²) in [5, 5.41) is 3.33. The van der Waals surface area contributed by atoms with Crippen LogP contribution in [-0.4, -0.2) is 6.54 Å². The predicted octanol–water partition coefficient (Wildman–Crippen LogP) is 2.25. The summed E-state index contributed by atoms with van der Waals surface area (Å²) >= 11 is 0. The standard InChI is InChI=1S/C10H12FN/c11-9-4-1-3-8(7-9)10-5-2-6-12-10/h1,3-4,7,10,12H,2,5-6H2/t10-/m1/s1. The van der Waals surface area contributed by atoms with Crippen LogP contribution in [-0.2, 0) is 0 Å². The molecule has 0 aromatic heterocycles. The Kier molecular flexibility index (Phi) is 2.09. The van der Waals surface area contributed by atoms with Gasteiger partial charge in [-0.1, -0.05) is 12.1 Å². The van der Waals surface area contributed by atoms with Gasteiger partial charge in [0.05, 0.1) is 0 Å². The molecule has 0 aliphatic carbocycles. The second-order valence-corrected chi connectivity index (χ2v) is 3.20. The zero-order valence-electron chi connectivity index (χ0n) is 6.89. The number of halogens is 1. The molecule has 2 rings (SSSR count). The van der Waals surface area contributed by atoms with E-state index in [9.17, 15) is 4.39 Å². The van der Waals surface area contributed by atoms with Gasteiger partial charge in [-0.05, 0) is 37.1 Å². The average molecular weight is 165 g/mol. The van der Waals surface area contributed by atoms with Gasteiger partial charge in [-0.3, -0.25) is 0 Å². The van der Waals surface area contributed by atoms with E-state index in [2.05, 4.69) is 5.32 Å². The lowest BCUT2D eigenvalue weighted by atomic mass is 10.1. The zero-order valence-corrected chi connectivity index (χ0v) is 6.89. The molecule has 0 unspecified atom stereocenters. The summed E-state index contributed by atoms with van der Waals surface area (Å²) in [6.45, 7) is 1.06. The van der Waals surface area contributed by atoms with E-state index in [4.69, 9.17) is 0 Å². The predicted molar refractivity (Wildman–Crippen MR) is 46.4 cm³/mol. The van der Waals surface area contributed by atoms with Gasteiger partial charge in [0.15, 0.2) is 0 Å². The fraction of sp³-hybridized carbons (Fsp3) is 0.400. The Hall–Kier alpha value is -0.890. The van der Waals surface area contributed by atoms with Crippen molar-refractivity contribution in [3.05, 3.63) is 35.6 Å². The molecule has 1 aromatic carbocycles. The van der Waals surface area contributed by atoms with Crippen molar-refractivity contribution in [3.8, 4) is 0 Å². The minimum atomic E-state index is -0.138. The third-order valence-electron chi connectivity index (χ3n) is 2.31. The summed E-state index contributed by atoms with van der Waals surface area (Å²) in [5.74, 6) is -0.138. The molecule has 1 nitrogen and oxygen atoms in total. The number of benzene rings is 1. The molecule has 1 heterocycles. The number of hydrogen-bond donors (Lipinski definition) is 1. The highest BCUT2D eigenvalue weighted by molar-refractivity contribution is 5.20. The van der Waals surface area contributed by atoms with Crippen LogP contribution in [0, 0.1) is 5.82 Å². The molecule has 0 amide bonds. The van der Waals surface area contributed by atoms with Crippen molar-refractivity contribution in [2.45, 2.75) is 18.9 Å². The van der Waals surface area contributed by atoms with Gasteiger partial charge in [0.25, 0.3) is 0 Å². The SMILES string of the molecule is Fc1cccc([C@H]2CCCN2)c1. The first kappa shape index (κ1) is 7.74. The maximum atomic E-state index is 12.8. The van der Waals surface area contributed by atoms with E-state index < -0.39 is 0 Å². The molecular formula is C10H12FN. The van der Waals surface area contributed by atoms with Gasteiger partial charge in [0.2, 0.25) is 0 Å². The van der Waals surface area contributed by atoms with Crippen molar-refractivity contribution in [2.24, 2.45) is 0 Å². The highest BCUT2D eigenvalue weighted by Gasteiger charge is 2.15. The lowest BCUT2D eigenvalue weighted by molar-refractivity contribution is 0.606. The topological polar surface area (TPSA) is 12.0 Å². The van der Waals surface area contributed by atoms with Crippen LogP contribution in [0.5, 0.6) is 0 Å². The highest BCUT2D eigenvalue weighted by Crippen LogP contribution is 2.22. The molecule has 1 aromatic rings. The molecular weight excluding hydrogens is 153 g/mol. The Morgan fingerprint density at radius 3 is 3.00 bits per heavy atom. The molecule has 0 spiro atoms. The van der Waals surface area contributed by atoms with Crippen molar-refractivity contribution in [2.75, 3.05) is 6.54 Å². The van der Waals surface area contributed by atoms with E-state index in [0.29, 0.717) is 6.04 Å². The summed E-state index contributed by atoms with van der Waals surface area (Å²) in [6, 6.07) is 7.22. The van der Waals surface area contributed by atoms with E-state index in [1.165, 1.54) is 12.5 Å². The second-order valence-electron chi connectivity index (χ2n) is 3.20. The van der Waals surface area contributed by atoms with Crippen LogP contribution in [0.3, 0.4) is 0 Å². The molecule has 0 saturated carbocycles. The largest absolute Gasteiger partial charge is 0.310 e. The molecule has 2 heteroatoms. The van der Waals surface area contributed by atoms with Gasteiger partial charge in [0.1, 0.15) is 5.82 Å². The molecule has 0 radical (unpaired) electrons. The summed E-state index contributed by atoms with van der Waals surface area (Å²) in [7, 11) is 0. The monoisotopic (exact) mass is 165 g/mol. The first-order valence-electron chi connectivity index (χ1n) is 4.35. The minimum absolute atomic E-state index is 0.138. The molecule has 1 aliphatic rings. The van der Waals surface area contributed by atoms with Crippen molar-refractivity contribution >= 4 is 0 Å². The van der Waals surface area contributed by atoms with Gasteiger partial charge in [-0.2, -0.15) is 0 Å². The van der Waals surface area contributed by atoms with E-state index >= 15 is 0 Å². The quantitative estimate of drug-likeness (QED) is 0.673. The Balaban J connectivity index is 2.21. The molecule has 1 fully saturated rings. The summed E-state index contributed by atoms with van der Waals surface area (Å²) in [4.78, 5) is 0. The van der Waals surface area contributed by atoms with Crippen LogP contribution in [0.4, 0.5) is 4.39 Å². The van der Waals surface area contributed by atoms with E-state index in [0.717, 1.165) is 18.5 Å².